The van der Waals surface area contributed by atoms with Crippen LogP contribution < -0.4 is 74.1 Å². The summed E-state index contributed by atoms with van der Waals surface area (Å²) in [4.78, 5) is 0. The van der Waals surface area contributed by atoms with Crippen molar-refractivity contribution < 1.29 is 85.0 Å². The average Bonchev–Trinajstić information content (AvgIpc) is 0. The Balaban J connectivity index is 0. The Labute approximate surface area is 90.2 Å². The molecule has 0 aliphatic carbocycles. The molecule has 0 saturated heterocycles. The molecule has 0 aromatic carbocycles. The Morgan fingerprint density at radius 1 is 0.500 bits per heavy atom. The second-order valence-corrected chi connectivity index (χ2v) is 0. The molecule has 0 aliphatic rings. The molecule has 0 amide bonds. The average molecular weight is 394 g/mol. The minimum atomic E-state index is 0. The van der Waals surface area contributed by atoms with Crippen molar-refractivity contribution in [3.63, 3.8) is 0 Å². The first-order chi connectivity index (χ1) is 0. The molecule has 0 unspecified atom stereocenters. The van der Waals surface area contributed by atoms with Gasteiger partial charge >= 0.3 is 17.1 Å². The zero-order valence-electron chi connectivity index (χ0n) is 2.87. The first-order valence-electron chi connectivity index (χ1n) is 0. The zero-order chi connectivity index (χ0) is 0. The molecule has 0 aromatic rings. The van der Waals surface area contributed by atoms with E-state index in [0.29, 0.717) is 0 Å². The molecule has 6 heavy (non-hydrogen) atoms. The smallest absolute Gasteiger partial charge is 1.00 e. The second kappa shape index (κ2) is 52.6. The zero-order valence-corrected chi connectivity index (χ0v) is 10.3. The standard InChI is InChI=1S/4BrH.Fe.H3N/h4*1H;;1H3/q;;;;+3;/p-3. The van der Waals surface area contributed by atoms with Crippen LogP contribution in [-0.4, -0.2) is 0 Å². The van der Waals surface area contributed by atoms with E-state index in [0.717, 1.165) is 0 Å². The summed E-state index contributed by atoms with van der Waals surface area (Å²) in [7, 11) is 0. The molecule has 0 heterocycles. The fourth-order valence-corrected chi connectivity index (χ4v) is 0. The van der Waals surface area contributed by atoms with Crippen LogP contribution in [0.1, 0.15) is 0 Å². The predicted molar refractivity (Wildman–Crippen MR) is 5.98 cm³/mol. The summed E-state index contributed by atoms with van der Waals surface area (Å²) in [6.07, 6.45) is 0. The maximum atomic E-state index is 0. The molecule has 4 N–H and O–H groups in total. The third-order valence-electron chi connectivity index (χ3n) is 0. The third-order valence-corrected chi connectivity index (χ3v) is 0. The largest absolute Gasteiger partial charge is 3.00 e. The van der Waals surface area contributed by atoms with Crippen LogP contribution in [0.4, 0.5) is 0 Å². The van der Waals surface area contributed by atoms with Gasteiger partial charge in [-0.3, -0.25) is 0 Å². The maximum Gasteiger partial charge on any atom is 3.00 e. The molecular weight excluding hydrogens is 389 g/mol. The van der Waals surface area contributed by atoms with Gasteiger partial charge in [-0.25, -0.2) is 0 Å². The minimum absolute atomic E-state index is 0. The topological polar surface area (TPSA) is 36.5 Å². The van der Waals surface area contributed by atoms with E-state index in [-0.39, 0.29) is 91.1 Å². The Morgan fingerprint density at radius 2 is 0.500 bits per heavy atom. The first kappa shape index (κ1) is 79.9. The normalized spacial score (nSPS) is 0. The molecule has 0 aliphatic heterocycles. The van der Waals surface area contributed by atoms with Gasteiger partial charge in [-0.2, -0.15) is 0 Å². The fraction of sp³-hybridized carbons (Fsp3) is 0. The molecule has 6 heteroatoms. The van der Waals surface area contributed by atoms with Crippen LogP contribution in [0.2, 0.25) is 0 Å². The number of hydrogen-bond donors (Lipinski definition) is 1. The van der Waals surface area contributed by atoms with Gasteiger partial charge in [-0.1, -0.05) is 0 Å². The molecule has 45 valence electrons. The van der Waals surface area contributed by atoms with Crippen LogP contribution in [0.25, 0.3) is 0 Å². The van der Waals surface area contributed by atoms with Gasteiger partial charge in [0.15, 0.2) is 0 Å². The molecule has 0 fully saturated rings. The molecule has 0 atom stereocenters. The number of hydrogen-bond acceptors (Lipinski definition) is 0. The van der Waals surface area contributed by atoms with E-state index in [2.05, 4.69) is 0 Å². The number of quaternary nitrogens is 1. The summed E-state index contributed by atoms with van der Waals surface area (Å²) < 4.78 is 0. The van der Waals surface area contributed by atoms with Crippen molar-refractivity contribution in [1.29, 1.82) is 0 Å². The van der Waals surface area contributed by atoms with Crippen LogP contribution in [0.3, 0.4) is 0 Å². The third kappa shape index (κ3) is 32.4. The predicted octanol–water partition coefficient (Wildman–Crippen LogP) is -11.6. The van der Waals surface area contributed by atoms with Crippen LogP contribution in [-0.2, 0) is 17.1 Å². The van der Waals surface area contributed by atoms with Crippen LogP contribution >= 0.6 is 0 Å². The minimum Gasteiger partial charge on any atom is -1.00 e. The van der Waals surface area contributed by atoms with E-state index >= 15 is 0 Å². The number of halogens is 4. The van der Waals surface area contributed by atoms with Crippen molar-refractivity contribution in [3.05, 3.63) is 0 Å². The van der Waals surface area contributed by atoms with E-state index in [1.54, 1.807) is 0 Å². The van der Waals surface area contributed by atoms with E-state index < -0.39 is 0 Å². The van der Waals surface area contributed by atoms with Crippen LogP contribution in [0.15, 0.2) is 0 Å². The van der Waals surface area contributed by atoms with Crippen molar-refractivity contribution in [2.45, 2.75) is 0 Å². The maximum absolute atomic E-state index is 0. The molecule has 1 radical (unpaired) electrons. The quantitative estimate of drug-likeness (QED) is 0.397. The molecule has 0 spiro atoms. The van der Waals surface area contributed by atoms with Crippen molar-refractivity contribution in [1.82, 2.24) is 6.15 Å². The van der Waals surface area contributed by atoms with Crippen LogP contribution in [0, 0.1) is 0 Å². The van der Waals surface area contributed by atoms with Gasteiger partial charge in [0, 0.05) is 0 Å². The van der Waals surface area contributed by atoms with Crippen molar-refractivity contribution in [2.24, 2.45) is 0 Å². The van der Waals surface area contributed by atoms with Gasteiger partial charge in [0.2, 0.25) is 0 Å². The first-order valence-corrected chi connectivity index (χ1v) is 0. The van der Waals surface area contributed by atoms with Crippen molar-refractivity contribution >= 4 is 0 Å². The SMILES string of the molecule is [Br-].[Br-].[Br-].[Br-].[Fe+3].[NH4+]. The van der Waals surface area contributed by atoms with Gasteiger partial charge < -0.3 is 74.1 Å². The Hall–Kier alpha value is 2.40. The summed E-state index contributed by atoms with van der Waals surface area (Å²) in [6.45, 7) is 0. The summed E-state index contributed by atoms with van der Waals surface area (Å²) in [5.41, 5.74) is 0. The molecule has 0 rings (SSSR count). The monoisotopic (exact) mass is 390 g/mol. The van der Waals surface area contributed by atoms with E-state index in [4.69, 9.17) is 0 Å². The molecule has 1 nitrogen and oxygen atoms in total. The van der Waals surface area contributed by atoms with Gasteiger partial charge in [0.05, 0.1) is 0 Å². The Kier molecular flexibility index (Phi) is 701. The Morgan fingerprint density at radius 3 is 0.500 bits per heavy atom. The Bertz CT molecular complexity index is 7.51. The summed E-state index contributed by atoms with van der Waals surface area (Å²) in [5.74, 6) is 0. The van der Waals surface area contributed by atoms with Crippen molar-refractivity contribution in [2.75, 3.05) is 0 Å². The van der Waals surface area contributed by atoms with Crippen molar-refractivity contribution in [3.8, 4) is 0 Å². The van der Waals surface area contributed by atoms with E-state index in [1.807, 2.05) is 0 Å². The summed E-state index contributed by atoms with van der Waals surface area (Å²) in [6, 6.07) is 0. The van der Waals surface area contributed by atoms with Gasteiger partial charge in [-0.15, -0.1) is 0 Å². The van der Waals surface area contributed by atoms with Gasteiger partial charge in [0.1, 0.15) is 0 Å². The summed E-state index contributed by atoms with van der Waals surface area (Å²) >= 11 is 0. The number of rotatable bonds is 0. The van der Waals surface area contributed by atoms with Gasteiger partial charge in [-0.05, 0) is 0 Å². The molecular formula is H4Br4FeN. The second-order valence-electron chi connectivity index (χ2n) is 0. The van der Waals surface area contributed by atoms with E-state index in [1.165, 1.54) is 0 Å². The fourth-order valence-electron chi connectivity index (χ4n) is 0. The van der Waals surface area contributed by atoms with E-state index in [9.17, 15) is 0 Å². The summed E-state index contributed by atoms with van der Waals surface area (Å²) in [5, 5.41) is 0. The molecule has 0 aromatic heterocycles. The molecule has 0 saturated carbocycles. The molecule has 0 bridgehead atoms. The van der Waals surface area contributed by atoms with Crippen LogP contribution in [0.5, 0.6) is 0 Å². The van der Waals surface area contributed by atoms with Gasteiger partial charge in [0.25, 0.3) is 0 Å².